The van der Waals surface area contributed by atoms with Gasteiger partial charge in [0.1, 0.15) is 0 Å². The topological polar surface area (TPSA) is 0 Å². The molecule has 1 heterocycles. The van der Waals surface area contributed by atoms with Gasteiger partial charge in [-0.2, -0.15) is 0 Å². The van der Waals surface area contributed by atoms with Crippen LogP contribution in [0.3, 0.4) is 0 Å². The third-order valence-electron chi connectivity index (χ3n) is 3.24. The third-order valence-corrected chi connectivity index (χ3v) is 9.81. The van der Waals surface area contributed by atoms with Crippen LogP contribution in [0, 0.1) is 5.41 Å². The molecule has 0 nitrogen and oxygen atoms in total. The molecule has 0 unspecified atom stereocenters. The van der Waals surface area contributed by atoms with Crippen LogP contribution in [0.25, 0.3) is 5.57 Å². The fourth-order valence-corrected chi connectivity index (χ4v) is 9.00. The van der Waals surface area contributed by atoms with E-state index in [1.54, 1.807) is 14.5 Å². The molecule has 2 rings (SSSR count). The van der Waals surface area contributed by atoms with Gasteiger partial charge >= 0.3 is 110 Å². The van der Waals surface area contributed by atoms with E-state index in [-0.39, 0.29) is 0 Å². The Morgan fingerprint density at radius 2 is 1.65 bits per heavy atom. The number of rotatable bonds is 1. The Morgan fingerprint density at radius 3 is 2.18 bits per heavy atom. The zero-order valence-electron chi connectivity index (χ0n) is 11.8. The normalized spacial score (nSPS) is 16.9. The molecule has 0 atom stereocenters. The zero-order chi connectivity index (χ0) is 12.8. The number of benzene rings is 1. The van der Waals surface area contributed by atoms with Crippen molar-refractivity contribution in [3.05, 3.63) is 34.3 Å². The summed E-state index contributed by atoms with van der Waals surface area (Å²) in [6.45, 7) is 14.2. The van der Waals surface area contributed by atoms with Crippen molar-refractivity contribution >= 4 is 23.9 Å². The second kappa shape index (κ2) is 4.30. The van der Waals surface area contributed by atoms with Crippen molar-refractivity contribution in [2.24, 2.45) is 5.41 Å². The first-order valence-corrected chi connectivity index (χ1v) is 9.08. The first kappa shape index (κ1) is 12.9. The predicted molar refractivity (Wildman–Crippen MR) is 79.0 cm³/mol. The molecule has 0 spiro atoms. The molecule has 0 saturated heterocycles. The van der Waals surface area contributed by atoms with Gasteiger partial charge in [0.15, 0.2) is 0 Å². The average molecular weight is 294 g/mol. The van der Waals surface area contributed by atoms with Crippen LogP contribution in [0.4, 0.5) is 0 Å². The number of hydrogen-bond acceptors (Lipinski definition) is 0. The first-order chi connectivity index (χ1) is 7.84. The summed E-state index contributed by atoms with van der Waals surface area (Å²) in [7, 11) is 0. The summed E-state index contributed by atoms with van der Waals surface area (Å²) in [6.07, 6.45) is 0. The molecular weight excluding hydrogens is 271 g/mol. The van der Waals surface area contributed by atoms with Crippen molar-refractivity contribution in [3.8, 4) is 0 Å². The molecule has 1 aromatic carbocycles. The summed E-state index contributed by atoms with van der Waals surface area (Å²) in [6, 6.07) is 9.05. The van der Waals surface area contributed by atoms with Crippen molar-refractivity contribution in [1.82, 2.24) is 0 Å². The van der Waals surface area contributed by atoms with Crippen LogP contribution in [0.1, 0.15) is 47.1 Å². The van der Waals surface area contributed by atoms with Gasteiger partial charge in [0.05, 0.1) is 0 Å². The van der Waals surface area contributed by atoms with Gasteiger partial charge in [-0.3, -0.25) is 0 Å². The van der Waals surface area contributed by atoms with Gasteiger partial charge in [-0.1, -0.05) is 0 Å². The summed E-state index contributed by atoms with van der Waals surface area (Å²) in [5, 5.41) is 0. The molecule has 17 heavy (non-hydrogen) atoms. The molecule has 1 aliphatic heterocycles. The van der Waals surface area contributed by atoms with Gasteiger partial charge in [-0.05, 0) is 0 Å². The van der Waals surface area contributed by atoms with E-state index in [0.29, 0.717) is 5.41 Å². The summed E-state index contributed by atoms with van der Waals surface area (Å²) in [4.78, 5) is 0.794. The van der Waals surface area contributed by atoms with Crippen molar-refractivity contribution in [2.75, 3.05) is 0 Å². The summed E-state index contributed by atoms with van der Waals surface area (Å²) < 4.78 is 3.42. The van der Waals surface area contributed by atoms with E-state index in [2.05, 4.69) is 65.8 Å². The summed E-state index contributed by atoms with van der Waals surface area (Å²) in [5.41, 5.74) is 3.40. The zero-order valence-corrected chi connectivity index (χ0v) is 13.5. The van der Waals surface area contributed by atoms with Crippen molar-refractivity contribution in [3.63, 3.8) is 0 Å². The molecule has 0 aromatic heterocycles. The fraction of sp³-hybridized carbons (Fsp3) is 0.500. The molecule has 0 amide bonds. The standard InChI is InChI=1S/C16H23Se/c1-11(2)17-14-10-8-7-9-13(14)12(3)15(17)16(4,5)6/h7-11H,1-6H3. The van der Waals surface area contributed by atoms with E-state index < -0.39 is 13.9 Å². The van der Waals surface area contributed by atoms with Crippen molar-refractivity contribution in [1.29, 1.82) is 0 Å². The molecule has 1 aromatic rings. The minimum atomic E-state index is -0.813. The van der Waals surface area contributed by atoms with E-state index in [1.165, 1.54) is 5.56 Å². The van der Waals surface area contributed by atoms with Gasteiger partial charge in [0, 0.05) is 0 Å². The van der Waals surface area contributed by atoms with Crippen LogP contribution in [0.2, 0.25) is 4.82 Å². The van der Waals surface area contributed by atoms with Gasteiger partial charge in [0.2, 0.25) is 0 Å². The van der Waals surface area contributed by atoms with Crippen LogP contribution in [0.5, 0.6) is 0 Å². The average Bonchev–Trinajstić information content (AvgIpc) is 2.52. The quantitative estimate of drug-likeness (QED) is 0.682. The van der Waals surface area contributed by atoms with Crippen LogP contribution < -0.4 is 4.46 Å². The Labute approximate surface area is 110 Å². The molecule has 1 heteroatoms. The van der Waals surface area contributed by atoms with E-state index in [9.17, 15) is 0 Å². The van der Waals surface area contributed by atoms with E-state index >= 15 is 0 Å². The second-order valence-electron chi connectivity index (χ2n) is 6.09. The Kier molecular flexibility index (Phi) is 3.27. The van der Waals surface area contributed by atoms with Crippen molar-refractivity contribution < 1.29 is 0 Å². The first-order valence-electron chi connectivity index (χ1n) is 6.38. The van der Waals surface area contributed by atoms with Gasteiger partial charge < -0.3 is 0 Å². The molecular formula is C16H23Se. The Morgan fingerprint density at radius 1 is 1.06 bits per heavy atom. The summed E-state index contributed by atoms with van der Waals surface area (Å²) in [5.74, 6) is 0. The molecule has 93 valence electrons. The van der Waals surface area contributed by atoms with Crippen LogP contribution >= 0.6 is 0 Å². The predicted octanol–water partition coefficient (Wildman–Crippen LogP) is 4.17. The molecule has 0 aliphatic carbocycles. The van der Waals surface area contributed by atoms with Crippen LogP contribution in [-0.2, 0) is 0 Å². The molecule has 1 aliphatic rings. The van der Waals surface area contributed by atoms with E-state index in [4.69, 9.17) is 0 Å². The number of fused-ring (bicyclic) bond motifs is 1. The Hall–Kier alpha value is -0.521. The van der Waals surface area contributed by atoms with Gasteiger partial charge in [0.25, 0.3) is 0 Å². The molecule has 0 saturated carbocycles. The molecule has 0 N–H and O–H groups in total. The van der Waals surface area contributed by atoms with Crippen LogP contribution in [0.15, 0.2) is 28.7 Å². The molecule has 1 radical (unpaired) electrons. The number of allylic oxidation sites excluding steroid dienone is 2. The Balaban J connectivity index is 2.64. The fourth-order valence-electron chi connectivity index (χ4n) is 2.75. The molecule has 0 fully saturated rings. The van der Waals surface area contributed by atoms with Crippen LogP contribution in [-0.4, -0.2) is 13.9 Å². The maximum atomic E-state index is 2.39. The summed E-state index contributed by atoms with van der Waals surface area (Å²) >= 11 is -0.813. The molecule has 0 bridgehead atoms. The minimum absolute atomic E-state index is 0.317. The Bertz CT molecular complexity index is 461. The monoisotopic (exact) mass is 295 g/mol. The second-order valence-corrected chi connectivity index (χ2v) is 11.3. The van der Waals surface area contributed by atoms with Gasteiger partial charge in [-0.15, -0.1) is 0 Å². The van der Waals surface area contributed by atoms with Gasteiger partial charge in [-0.25, -0.2) is 0 Å². The van der Waals surface area contributed by atoms with Crippen molar-refractivity contribution in [2.45, 2.75) is 46.4 Å². The third kappa shape index (κ3) is 2.11. The maximum absolute atomic E-state index is 2.39. The van der Waals surface area contributed by atoms with E-state index in [0.717, 1.165) is 4.82 Å². The van der Waals surface area contributed by atoms with E-state index in [1.807, 2.05) is 0 Å². The SMILES string of the molecule is CC1=C(C(C)(C)C)[Se](C(C)C)c2ccccc21. The number of hydrogen-bond donors (Lipinski definition) is 0.